The van der Waals surface area contributed by atoms with Crippen LogP contribution in [0.2, 0.25) is 5.02 Å². The summed E-state index contributed by atoms with van der Waals surface area (Å²) in [6.07, 6.45) is 0.354. The van der Waals surface area contributed by atoms with E-state index in [1.807, 2.05) is 12.1 Å². The lowest BCUT2D eigenvalue weighted by molar-refractivity contribution is -0.146. The molecule has 0 spiro atoms. The molecule has 1 fully saturated rings. The molecule has 1 aromatic rings. The van der Waals surface area contributed by atoms with E-state index in [-0.39, 0.29) is 18.0 Å². The van der Waals surface area contributed by atoms with E-state index >= 15 is 0 Å². The van der Waals surface area contributed by atoms with Crippen molar-refractivity contribution < 1.29 is 19.1 Å². The summed E-state index contributed by atoms with van der Waals surface area (Å²) in [5.74, 6) is -1.15. The van der Waals surface area contributed by atoms with E-state index in [1.165, 1.54) is 14.2 Å². The molecule has 1 heterocycles. The first kappa shape index (κ1) is 14.8. The third-order valence-electron chi connectivity index (χ3n) is 3.49. The number of esters is 2. The van der Waals surface area contributed by atoms with E-state index in [0.717, 1.165) is 5.56 Å². The normalized spacial score (nSPS) is 25.2. The van der Waals surface area contributed by atoms with Crippen molar-refractivity contribution in [3.63, 3.8) is 0 Å². The Labute approximate surface area is 122 Å². The van der Waals surface area contributed by atoms with E-state index < -0.39 is 12.0 Å². The monoisotopic (exact) mass is 297 g/mol. The van der Waals surface area contributed by atoms with Crippen LogP contribution in [0.1, 0.15) is 18.0 Å². The van der Waals surface area contributed by atoms with Crippen LogP contribution >= 0.6 is 11.6 Å². The van der Waals surface area contributed by atoms with Gasteiger partial charge in [-0.25, -0.2) is 0 Å². The summed E-state index contributed by atoms with van der Waals surface area (Å²) in [5.41, 5.74) is 0.885. The van der Waals surface area contributed by atoms with Crippen LogP contribution in [0, 0.1) is 5.92 Å². The lowest BCUT2D eigenvalue weighted by atomic mass is 9.93. The fourth-order valence-corrected chi connectivity index (χ4v) is 2.61. The predicted octanol–water partition coefficient (Wildman–Crippen LogP) is 1.71. The van der Waals surface area contributed by atoms with Gasteiger partial charge < -0.3 is 9.47 Å². The van der Waals surface area contributed by atoms with Gasteiger partial charge in [0.05, 0.1) is 20.1 Å². The molecule has 0 radical (unpaired) electrons. The first-order valence-corrected chi connectivity index (χ1v) is 6.61. The molecule has 1 aromatic carbocycles. The maximum absolute atomic E-state index is 11.9. The summed E-state index contributed by atoms with van der Waals surface area (Å²) < 4.78 is 9.54. The maximum atomic E-state index is 11.9. The Balaban J connectivity index is 2.25. The molecule has 0 aromatic heterocycles. The first-order chi connectivity index (χ1) is 9.56. The van der Waals surface area contributed by atoms with Crippen molar-refractivity contribution in [2.75, 3.05) is 14.2 Å². The fraction of sp³-hybridized carbons (Fsp3) is 0.429. The summed E-state index contributed by atoms with van der Waals surface area (Å²) in [4.78, 5) is 23.5. The van der Waals surface area contributed by atoms with E-state index in [9.17, 15) is 9.59 Å². The molecule has 1 aliphatic heterocycles. The van der Waals surface area contributed by atoms with E-state index in [1.54, 1.807) is 12.1 Å². The van der Waals surface area contributed by atoms with E-state index in [0.29, 0.717) is 11.4 Å². The highest BCUT2D eigenvalue weighted by Crippen LogP contribution is 2.34. The summed E-state index contributed by atoms with van der Waals surface area (Å²) in [5, 5.41) is 3.74. The molecule has 0 aliphatic carbocycles. The number of methoxy groups -OCH3 is 2. The highest BCUT2D eigenvalue weighted by molar-refractivity contribution is 6.30. The topological polar surface area (TPSA) is 64.6 Å². The number of rotatable bonds is 3. The van der Waals surface area contributed by atoms with Gasteiger partial charge in [-0.2, -0.15) is 0 Å². The Kier molecular flexibility index (Phi) is 4.62. The number of benzene rings is 1. The molecule has 5 nitrogen and oxygen atoms in total. The minimum absolute atomic E-state index is 0.288. The van der Waals surface area contributed by atoms with Crippen LogP contribution in [-0.4, -0.2) is 32.2 Å². The molecule has 0 amide bonds. The van der Waals surface area contributed by atoms with Gasteiger partial charge in [0.25, 0.3) is 0 Å². The fourth-order valence-electron chi connectivity index (χ4n) is 2.48. The summed E-state index contributed by atoms with van der Waals surface area (Å²) in [6.45, 7) is 0. The molecule has 0 unspecified atom stereocenters. The van der Waals surface area contributed by atoms with Gasteiger partial charge in [-0.1, -0.05) is 23.7 Å². The van der Waals surface area contributed by atoms with Crippen LogP contribution in [0.3, 0.4) is 0 Å². The minimum atomic E-state index is -0.509. The number of carbonyl (C=O) groups is 2. The third kappa shape index (κ3) is 2.94. The molecule has 3 atom stereocenters. The number of halogens is 1. The van der Waals surface area contributed by atoms with Crippen LogP contribution in [0.4, 0.5) is 0 Å². The SMILES string of the molecule is COC(=O)[C@H]1C[C@H](C(=O)OC)N[C@@H]1c1ccc(Cl)cc1. The van der Waals surface area contributed by atoms with Crippen LogP contribution < -0.4 is 5.32 Å². The second-order valence-electron chi connectivity index (χ2n) is 4.64. The molecule has 0 bridgehead atoms. The zero-order valence-electron chi connectivity index (χ0n) is 11.3. The van der Waals surface area contributed by atoms with Gasteiger partial charge >= 0.3 is 11.9 Å². The Bertz CT molecular complexity index is 502. The zero-order chi connectivity index (χ0) is 14.7. The second kappa shape index (κ2) is 6.24. The van der Waals surface area contributed by atoms with E-state index in [4.69, 9.17) is 21.1 Å². The van der Waals surface area contributed by atoms with Crippen LogP contribution in [0.25, 0.3) is 0 Å². The quantitative estimate of drug-likeness (QED) is 0.860. The molecule has 1 N–H and O–H groups in total. The van der Waals surface area contributed by atoms with Gasteiger partial charge in [0, 0.05) is 11.1 Å². The Hall–Kier alpha value is -1.59. The van der Waals surface area contributed by atoms with Crippen LogP contribution in [0.15, 0.2) is 24.3 Å². The van der Waals surface area contributed by atoms with Crippen molar-refractivity contribution in [1.29, 1.82) is 0 Å². The third-order valence-corrected chi connectivity index (χ3v) is 3.74. The largest absolute Gasteiger partial charge is 0.469 e. The van der Waals surface area contributed by atoms with E-state index in [2.05, 4.69) is 5.32 Å². The molecule has 1 aliphatic rings. The van der Waals surface area contributed by atoms with Gasteiger partial charge in [0.15, 0.2) is 0 Å². The lowest BCUT2D eigenvalue weighted by Crippen LogP contribution is -2.33. The molecule has 0 saturated carbocycles. The Morgan fingerprint density at radius 2 is 1.75 bits per heavy atom. The number of nitrogens with one attached hydrogen (secondary N) is 1. The molecule has 20 heavy (non-hydrogen) atoms. The Morgan fingerprint density at radius 1 is 1.15 bits per heavy atom. The standard InChI is InChI=1S/C14H16ClNO4/c1-19-13(17)10-7-11(14(18)20-2)16-12(10)8-3-5-9(15)6-4-8/h3-6,10-12,16H,7H2,1-2H3/t10-,11+,12+/m0/s1. The summed E-state index contributed by atoms with van der Waals surface area (Å²) >= 11 is 5.86. The van der Waals surface area contributed by atoms with Gasteiger partial charge in [0.1, 0.15) is 6.04 Å². The van der Waals surface area contributed by atoms with Gasteiger partial charge in [-0.05, 0) is 24.1 Å². The molecule has 2 rings (SSSR count). The van der Waals surface area contributed by atoms with Crippen LogP contribution in [-0.2, 0) is 19.1 Å². The Morgan fingerprint density at radius 3 is 2.30 bits per heavy atom. The smallest absolute Gasteiger partial charge is 0.322 e. The zero-order valence-corrected chi connectivity index (χ0v) is 12.0. The lowest BCUT2D eigenvalue weighted by Gasteiger charge is -2.18. The van der Waals surface area contributed by atoms with Crippen molar-refractivity contribution >= 4 is 23.5 Å². The predicted molar refractivity (Wildman–Crippen MR) is 73.3 cm³/mol. The van der Waals surface area contributed by atoms with Gasteiger partial charge in [-0.15, -0.1) is 0 Å². The molecule has 108 valence electrons. The maximum Gasteiger partial charge on any atom is 0.322 e. The molecular formula is C14H16ClNO4. The van der Waals surface area contributed by atoms with Crippen molar-refractivity contribution in [1.82, 2.24) is 5.32 Å². The van der Waals surface area contributed by atoms with Crippen molar-refractivity contribution in [3.8, 4) is 0 Å². The molecule has 1 saturated heterocycles. The van der Waals surface area contributed by atoms with Crippen molar-refractivity contribution in [2.24, 2.45) is 5.92 Å². The van der Waals surface area contributed by atoms with Crippen molar-refractivity contribution in [3.05, 3.63) is 34.9 Å². The number of carbonyl (C=O) groups excluding carboxylic acids is 2. The average Bonchev–Trinajstić information content (AvgIpc) is 2.91. The highest BCUT2D eigenvalue weighted by atomic mass is 35.5. The minimum Gasteiger partial charge on any atom is -0.469 e. The number of ether oxygens (including phenoxy) is 2. The van der Waals surface area contributed by atoms with Gasteiger partial charge in [-0.3, -0.25) is 14.9 Å². The average molecular weight is 298 g/mol. The second-order valence-corrected chi connectivity index (χ2v) is 5.07. The highest BCUT2D eigenvalue weighted by Gasteiger charge is 2.43. The molecule has 6 heteroatoms. The van der Waals surface area contributed by atoms with Crippen molar-refractivity contribution in [2.45, 2.75) is 18.5 Å². The summed E-state index contributed by atoms with van der Waals surface area (Å²) in [7, 11) is 2.67. The number of hydrogen-bond acceptors (Lipinski definition) is 5. The first-order valence-electron chi connectivity index (χ1n) is 6.24. The molecular weight excluding hydrogens is 282 g/mol. The van der Waals surface area contributed by atoms with Gasteiger partial charge in [0.2, 0.25) is 0 Å². The summed E-state index contributed by atoms with van der Waals surface area (Å²) in [6, 6.07) is 6.36. The van der Waals surface area contributed by atoms with Crippen LogP contribution in [0.5, 0.6) is 0 Å². The number of hydrogen-bond donors (Lipinski definition) is 1.